The molecule has 0 N–H and O–H groups in total. The predicted octanol–water partition coefficient (Wildman–Crippen LogP) is 6.91. The van der Waals surface area contributed by atoms with Crippen molar-refractivity contribution >= 4 is 0 Å². The van der Waals surface area contributed by atoms with Crippen LogP contribution in [0, 0.1) is 23.7 Å². The van der Waals surface area contributed by atoms with Crippen molar-refractivity contribution in [2.75, 3.05) is 0 Å². The van der Waals surface area contributed by atoms with Crippen LogP contribution in [0.25, 0.3) is 0 Å². The van der Waals surface area contributed by atoms with E-state index in [4.69, 9.17) is 0 Å². The van der Waals surface area contributed by atoms with E-state index < -0.39 is 0 Å². The largest absolute Gasteiger partial charge is 0.0760 e. The summed E-state index contributed by atoms with van der Waals surface area (Å²) in [5, 5.41) is 0. The second-order valence-corrected chi connectivity index (χ2v) is 9.38. The first-order chi connectivity index (χ1) is 11.6. The third-order valence-corrected chi connectivity index (χ3v) is 7.98. The first-order valence-electron chi connectivity index (χ1n) is 10.4. The van der Waals surface area contributed by atoms with Gasteiger partial charge in [-0.3, -0.25) is 0 Å². The van der Waals surface area contributed by atoms with Crippen molar-refractivity contribution in [2.45, 2.75) is 79.1 Å². The average Bonchev–Trinajstić information content (AvgIpc) is 3.22. The summed E-state index contributed by atoms with van der Waals surface area (Å²) in [5.41, 5.74) is 14.5. The summed E-state index contributed by atoms with van der Waals surface area (Å²) in [5.74, 6) is 3.38. The van der Waals surface area contributed by atoms with E-state index in [0.717, 1.165) is 23.7 Å². The van der Waals surface area contributed by atoms with Crippen LogP contribution in [0.1, 0.15) is 79.1 Å². The zero-order valence-corrected chi connectivity index (χ0v) is 16.0. The van der Waals surface area contributed by atoms with Crippen LogP contribution < -0.4 is 0 Å². The molecule has 4 bridgehead atoms. The SMILES string of the molecule is CC(C)=C1[C@@H]2CC[C@H]1C1=C2CCC2=C(CC1)[C@H]1CC[C@@H]2C1=C(C)C. The molecule has 24 heavy (non-hydrogen) atoms. The summed E-state index contributed by atoms with van der Waals surface area (Å²) >= 11 is 0. The molecule has 5 aliphatic carbocycles. The molecule has 2 saturated carbocycles. The summed E-state index contributed by atoms with van der Waals surface area (Å²) in [6, 6.07) is 0. The van der Waals surface area contributed by atoms with Gasteiger partial charge in [-0.2, -0.15) is 0 Å². The molecule has 0 aliphatic heterocycles. The lowest BCUT2D eigenvalue weighted by atomic mass is 9.78. The third kappa shape index (κ3) is 1.86. The minimum absolute atomic E-state index is 0.846. The molecule has 0 nitrogen and oxygen atoms in total. The Bertz CT molecular complexity index is 616. The zero-order chi connectivity index (χ0) is 16.6. The van der Waals surface area contributed by atoms with Crippen LogP contribution in [-0.2, 0) is 0 Å². The molecule has 0 radical (unpaired) electrons. The highest BCUT2D eigenvalue weighted by molar-refractivity contribution is 5.51. The number of allylic oxidation sites excluding steroid dienone is 8. The quantitative estimate of drug-likeness (QED) is 0.425. The van der Waals surface area contributed by atoms with Gasteiger partial charge in [0.2, 0.25) is 0 Å². The molecule has 0 heteroatoms. The Morgan fingerprint density at radius 3 is 0.958 bits per heavy atom. The van der Waals surface area contributed by atoms with E-state index in [1.54, 1.807) is 11.1 Å². The van der Waals surface area contributed by atoms with Crippen LogP contribution in [0.2, 0.25) is 0 Å². The van der Waals surface area contributed by atoms with Crippen LogP contribution in [0.15, 0.2) is 44.6 Å². The Balaban J connectivity index is 1.48. The van der Waals surface area contributed by atoms with Gasteiger partial charge in [0, 0.05) is 23.7 Å². The van der Waals surface area contributed by atoms with Crippen LogP contribution >= 0.6 is 0 Å². The van der Waals surface area contributed by atoms with Crippen molar-refractivity contribution in [1.82, 2.24) is 0 Å². The number of fused-ring (bicyclic) bond motifs is 8. The molecule has 0 aromatic carbocycles. The van der Waals surface area contributed by atoms with E-state index in [0.29, 0.717) is 0 Å². The monoisotopic (exact) mass is 320 g/mol. The smallest absolute Gasteiger partial charge is 0.00187 e. The third-order valence-electron chi connectivity index (χ3n) is 7.98. The molecular formula is C24H32. The normalized spacial score (nSPS) is 37.0. The van der Waals surface area contributed by atoms with E-state index in [1.165, 1.54) is 51.4 Å². The van der Waals surface area contributed by atoms with Gasteiger partial charge in [0.05, 0.1) is 0 Å². The van der Waals surface area contributed by atoms with Crippen LogP contribution in [0.4, 0.5) is 0 Å². The predicted molar refractivity (Wildman–Crippen MR) is 102 cm³/mol. The minimum Gasteiger partial charge on any atom is -0.0760 e. The first kappa shape index (κ1) is 15.2. The Morgan fingerprint density at radius 1 is 0.500 bits per heavy atom. The molecule has 4 atom stereocenters. The molecule has 2 fully saturated rings. The van der Waals surface area contributed by atoms with Crippen LogP contribution in [-0.4, -0.2) is 0 Å². The van der Waals surface area contributed by atoms with Gasteiger partial charge in [-0.05, 0) is 79.1 Å². The Kier molecular flexibility index (Phi) is 3.32. The van der Waals surface area contributed by atoms with Gasteiger partial charge in [-0.15, -0.1) is 0 Å². The Labute approximate surface area is 147 Å². The van der Waals surface area contributed by atoms with Gasteiger partial charge in [0.15, 0.2) is 0 Å². The van der Waals surface area contributed by atoms with Crippen molar-refractivity contribution in [3.63, 3.8) is 0 Å². The number of rotatable bonds is 0. The van der Waals surface area contributed by atoms with Crippen molar-refractivity contribution in [1.29, 1.82) is 0 Å². The lowest BCUT2D eigenvalue weighted by Gasteiger charge is -2.26. The van der Waals surface area contributed by atoms with Crippen LogP contribution in [0.3, 0.4) is 0 Å². The Morgan fingerprint density at radius 2 is 0.750 bits per heavy atom. The van der Waals surface area contributed by atoms with Gasteiger partial charge in [-0.25, -0.2) is 0 Å². The molecule has 0 aromatic rings. The molecule has 128 valence electrons. The molecule has 0 spiro atoms. The zero-order valence-electron chi connectivity index (χ0n) is 16.0. The number of hydrogen-bond acceptors (Lipinski definition) is 0. The van der Waals surface area contributed by atoms with Crippen molar-refractivity contribution in [2.24, 2.45) is 23.7 Å². The maximum absolute atomic E-state index is 2.36. The maximum atomic E-state index is 2.36. The van der Waals surface area contributed by atoms with Gasteiger partial charge in [0.1, 0.15) is 0 Å². The van der Waals surface area contributed by atoms with Crippen molar-refractivity contribution < 1.29 is 0 Å². The minimum atomic E-state index is 0.846. The highest BCUT2D eigenvalue weighted by Crippen LogP contribution is 2.61. The van der Waals surface area contributed by atoms with Gasteiger partial charge in [0.25, 0.3) is 0 Å². The van der Waals surface area contributed by atoms with Gasteiger partial charge >= 0.3 is 0 Å². The molecule has 0 heterocycles. The molecule has 5 aliphatic rings. The number of hydrogen-bond donors (Lipinski definition) is 0. The molecular weight excluding hydrogens is 288 g/mol. The van der Waals surface area contributed by atoms with Crippen molar-refractivity contribution in [3.8, 4) is 0 Å². The van der Waals surface area contributed by atoms with Crippen LogP contribution in [0.5, 0.6) is 0 Å². The summed E-state index contributed by atoms with van der Waals surface area (Å²) in [6.07, 6.45) is 11.3. The second kappa shape index (κ2) is 5.23. The second-order valence-electron chi connectivity index (χ2n) is 9.38. The fourth-order valence-electron chi connectivity index (χ4n) is 7.39. The molecule has 0 amide bonds. The van der Waals surface area contributed by atoms with Crippen molar-refractivity contribution in [3.05, 3.63) is 44.6 Å². The molecule has 0 saturated heterocycles. The van der Waals surface area contributed by atoms with Gasteiger partial charge in [-0.1, -0.05) is 44.6 Å². The van der Waals surface area contributed by atoms with E-state index in [2.05, 4.69) is 27.7 Å². The fraction of sp³-hybridized carbons (Fsp3) is 0.667. The summed E-state index contributed by atoms with van der Waals surface area (Å²) in [7, 11) is 0. The topological polar surface area (TPSA) is 0 Å². The fourth-order valence-corrected chi connectivity index (χ4v) is 7.39. The highest BCUT2D eigenvalue weighted by Gasteiger charge is 2.47. The van der Waals surface area contributed by atoms with E-state index in [-0.39, 0.29) is 0 Å². The standard InChI is InChI=1S/C24H32/c1-13(2)23-19-9-10-20(23)16-6-8-18-17(7-5-15(16)19)21-11-12-22(18)24(21)14(3)4/h19-22H,5-12H2,1-4H3/t19-,20+,21+,22-. The Hall–Kier alpha value is -1.04. The average molecular weight is 321 g/mol. The lowest BCUT2D eigenvalue weighted by Crippen LogP contribution is -2.11. The molecule has 0 unspecified atom stereocenters. The summed E-state index contributed by atoms with van der Waals surface area (Å²) in [4.78, 5) is 0. The molecule has 0 aromatic heterocycles. The first-order valence-corrected chi connectivity index (χ1v) is 10.4. The van der Waals surface area contributed by atoms with E-state index >= 15 is 0 Å². The van der Waals surface area contributed by atoms with E-state index in [1.807, 2.05) is 33.4 Å². The van der Waals surface area contributed by atoms with E-state index in [9.17, 15) is 0 Å². The lowest BCUT2D eigenvalue weighted by molar-refractivity contribution is 0.553. The molecule has 5 rings (SSSR count). The highest BCUT2D eigenvalue weighted by atomic mass is 14.5. The maximum Gasteiger partial charge on any atom is 0.00187 e. The van der Waals surface area contributed by atoms with Gasteiger partial charge < -0.3 is 0 Å². The summed E-state index contributed by atoms with van der Waals surface area (Å²) in [6.45, 7) is 9.45. The summed E-state index contributed by atoms with van der Waals surface area (Å²) < 4.78 is 0.